The minimum absolute atomic E-state index is 0.0602. The number of nitrogens with one attached hydrogen (secondary N) is 1. The Kier molecular flexibility index (Phi) is 4.62. The maximum absolute atomic E-state index is 12.4. The number of benzene rings is 3. The molecule has 1 heterocycles. The van der Waals surface area contributed by atoms with Gasteiger partial charge < -0.3 is 0 Å². The van der Waals surface area contributed by atoms with Crippen LogP contribution in [0.1, 0.15) is 5.56 Å². The maximum atomic E-state index is 12.4. The maximum Gasteiger partial charge on any atom is 0.276 e. The van der Waals surface area contributed by atoms with E-state index < -0.39 is 10.0 Å². The molecule has 8 heteroatoms. The predicted octanol–water partition coefficient (Wildman–Crippen LogP) is 3.48. The van der Waals surface area contributed by atoms with Gasteiger partial charge in [0.1, 0.15) is 0 Å². The number of sulfonamides is 1. The van der Waals surface area contributed by atoms with Gasteiger partial charge in [0.25, 0.3) is 21.1 Å². The second-order valence-corrected chi connectivity index (χ2v) is 8.16. The Bertz CT molecular complexity index is 1260. The first-order valence-corrected chi connectivity index (χ1v) is 10.2. The number of fused-ring (bicyclic) bond motifs is 2. The molecule has 0 unspecified atom stereocenters. The number of halogens is 1. The molecule has 2 N–H and O–H groups in total. The van der Waals surface area contributed by atoms with Gasteiger partial charge in [-0.15, -0.1) is 0 Å². The summed E-state index contributed by atoms with van der Waals surface area (Å²) in [6, 6.07) is 20.3. The Hall–Kier alpha value is -3.16. The van der Waals surface area contributed by atoms with E-state index in [-0.39, 0.29) is 4.90 Å². The highest BCUT2D eigenvalue weighted by molar-refractivity contribution is 7.89. The molecular weight excluding hydrogens is 398 g/mol. The van der Waals surface area contributed by atoms with Crippen LogP contribution in [0, 0.1) is 0 Å². The minimum atomic E-state index is -3.82. The van der Waals surface area contributed by atoms with Crippen molar-refractivity contribution in [3.05, 3.63) is 83.4 Å². The number of para-hydroxylation sites is 2. The van der Waals surface area contributed by atoms with Gasteiger partial charge in [-0.05, 0) is 36.4 Å². The largest absolute Gasteiger partial charge is 0.284 e. The molecule has 6 nitrogen and oxygen atoms in total. The summed E-state index contributed by atoms with van der Waals surface area (Å²) in [4.78, 5) is 2.28. The highest BCUT2D eigenvalue weighted by Gasteiger charge is 2.19. The Morgan fingerprint density at radius 1 is 0.893 bits per heavy atom. The molecule has 140 valence electrons. The van der Waals surface area contributed by atoms with Gasteiger partial charge in [0.2, 0.25) is 0 Å². The van der Waals surface area contributed by atoms with E-state index in [1.807, 2.05) is 36.4 Å². The molecule has 0 aliphatic heterocycles. The summed E-state index contributed by atoms with van der Waals surface area (Å²) in [6.07, 6.45) is 1.44. The van der Waals surface area contributed by atoms with Crippen LogP contribution < -0.4 is 9.56 Å². The zero-order valence-corrected chi connectivity index (χ0v) is 16.0. The molecular formula is C20H15ClN3O3S+. The molecule has 0 atom stereocenters. The quantitative estimate of drug-likeness (QED) is 0.177. The van der Waals surface area contributed by atoms with E-state index in [1.165, 1.54) is 30.5 Å². The van der Waals surface area contributed by atoms with Crippen molar-refractivity contribution in [2.45, 2.75) is 4.90 Å². The van der Waals surface area contributed by atoms with Gasteiger partial charge in [-0.2, -0.15) is 13.5 Å². The van der Waals surface area contributed by atoms with E-state index in [9.17, 15) is 13.6 Å². The summed E-state index contributed by atoms with van der Waals surface area (Å²) in [5, 5.41) is 16.4. The zero-order chi connectivity index (χ0) is 19.7. The van der Waals surface area contributed by atoms with E-state index in [4.69, 9.17) is 11.6 Å². The third-order valence-corrected chi connectivity index (χ3v) is 5.83. The number of hydrogen-bond donors (Lipinski definition) is 2. The fraction of sp³-hybridized carbons (Fsp3) is 0. The van der Waals surface area contributed by atoms with Crippen LogP contribution in [-0.4, -0.2) is 19.8 Å². The molecule has 4 rings (SSSR count). The molecule has 0 amide bonds. The number of hydrazone groups is 1. The molecule has 0 saturated carbocycles. The van der Waals surface area contributed by atoms with Gasteiger partial charge in [0, 0.05) is 27.4 Å². The van der Waals surface area contributed by atoms with Crippen LogP contribution in [0.5, 0.6) is 0 Å². The number of rotatable bonds is 4. The summed E-state index contributed by atoms with van der Waals surface area (Å²) < 4.78 is 25.9. The Labute approximate surface area is 166 Å². The molecule has 0 saturated heterocycles. The summed E-state index contributed by atoms with van der Waals surface area (Å²) >= 11 is 5.80. The topological polar surface area (TPSA) is 82.6 Å². The molecule has 4 aromatic rings. The lowest BCUT2D eigenvalue weighted by molar-refractivity contribution is -0.864. The van der Waals surface area contributed by atoms with Crippen LogP contribution in [0.25, 0.3) is 21.8 Å². The van der Waals surface area contributed by atoms with E-state index >= 15 is 0 Å². The number of aromatic nitrogens is 1. The fourth-order valence-corrected chi connectivity index (χ4v) is 3.93. The molecule has 3 aromatic carbocycles. The number of hydrogen-bond acceptors (Lipinski definition) is 4. The van der Waals surface area contributed by atoms with Crippen molar-refractivity contribution in [1.82, 2.24) is 4.83 Å². The van der Waals surface area contributed by atoms with Gasteiger partial charge in [-0.3, -0.25) is 5.21 Å². The van der Waals surface area contributed by atoms with Crippen LogP contribution in [0.15, 0.2) is 82.8 Å². The Balaban J connectivity index is 1.79. The first-order valence-electron chi connectivity index (χ1n) is 8.32. The number of pyridine rings is 1. The van der Waals surface area contributed by atoms with E-state index in [2.05, 4.69) is 9.93 Å². The Morgan fingerprint density at radius 2 is 1.43 bits per heavy atom. The third kappa shape index (κ3) is 3.26. The lowest BCUT2D eigenvalue weighted by Crippen LogP contribution is -2.32. The average Bonchev–Trinajstić information content (AvgIpc) is 2.71. The van der Waals surface area contributed by atoms with Crippen molar-refractivity contribution in [3.63, 3.8) is 0 Å². The van der Waals surface area contributed by atoms with Crippen LogP contribution >= 0.6 is 11.6 Å². The molecule has 0 bridgehead atoms. The minimum Gasteiger partial charge on any atom is -0.284 e. The normalized spacial score (nSPS) is 12.0. The summed E-state index contributed by atoms with van der Waals surface area (Å²) in [5.41, 5.74) is 1.86. The monoisotopic (exact) mass is 412 g/mol. The predicted molar refractivity (Wildman–Crippen MR) is 108 cm³/mol. The van der Waals surface area contributed by atoms with Crippen molar-refractivity contribution in [1.29, 1.82) is 0 Å². The molecule has 28 heavy (non-hydrogen) atoms. The molecule has 0 aliphatic rings. The molecule has 0 fully saturated rings. The van der Waals surface area contributed by atoms with Crippen molar-refractivity contribution in [3.8, 4) is 0 Å². The van der Waals surface area contributed by atoms with Gasteiger partial charge in [0.15, 0.2) is 0 Å². The van der Waals surface area contributed by atoms with Gasteiger partial charge in [-0.25, -0.2) is 4.83 Å². The second-order valence-electron chi connectivity index (χ2n) is 6.07. The van der Waals surface area contributed by atoms with E-state index in [0.29, 0.717) is 21.6 Å². The van der Waals surface area contributed by atoms with Gasteiger partial charge in [0.05, 0.1) is 21.9 Å². The fourth-order valence-electron chi connectivity index (χ4n) is 3.01. The highest BCUT2D eigenvalue weighted by atomic mass is 35.5. The molecule has 0 radical (unpaired) electrons. The van der Waals surface area contributed by atoms with Crippen molar-refractivity contribution in [2.24, 2.45) is 5.10 Å². The lowest BCUT2D eigenvalue weighted by Gasteiger charge is -2.05. The SMILES string of the molecule is O=S(=O)(N/N=C/c1c2ccccc2[n+](O)c2ccccc12)c1ccc(Cl)cc1. The Morgan fingerprint density at radius 3 is 2.00 bits per heavy atom. The summed E-state index contributed by atoms with van der Waals surface area (Å²) in [5.74, 6) is 0. The average molecular weight is 413 g/mol. The smallest absolute Gasteiger partial charge is 0.276 e. The lowest BCUT2D eigenvalue weighted by atomic mass is 10.0. The van der Waals surface area contributed by atoms with Crippen LogP contribution in [0.4, 0.5) is 0 Å². The number of nitrogens with zero attached hydrogens (tertiary/aromatic N) is 2. The molecule has 1 aromatic heterocycles. The van der Waals surface area contributed by atoms with E-state index in [1.54, 1.807) is 12.1 Å². The van der Waals surface area contributed by atoms with Crippen LogP contribution in [0.3, 0.4) is 0 Å². The summed E-state index contributed by atoms with van der Waals surface area (Å²) in [7, 11) is -3.82. The highest BCUT2D eigenvalue weighted by Crippen LogP contribution is 2.23. The van der Waals surface area contributed by atoms with Crippen molar-refractivity contribution >= 4 is 49.6 Å². The third-order valence-electron chi connectivity index (χ3n) is 4.34. The first kappa shape index (κ1) is 18.2. The van der Waals surface area contributed by atoms with Crippen LogP contribution in [-0.2, 0) is 10.0 Å². The van der Waals surface area contributed by atoms with Gasteiger partial charge >= 0.3 is 0 Å². The molecule has 0 spiro atoms. The van der Waals surface area contributed by atoms with Crippen LogP contribution in [0.2, 0.25) is 5.02 Å². The van der Waals surface area contributed by atoms with Gasteiger partial charge in [-0.1, -0.05) is 35.9 Å². The second kappa shape index (κ2) is 7.10. The standard InChI is InChI=1S/C20H14ClN3O3S/c21-14-9-11-15(12-10-14)28(26,27)23-22-13-18-16-5-1-3-7-19(16)24(25)20-8-4-2-6-17(18)20/h1-13,25H/p+1. The summed E-state index contributed by atoms with van der Waals surface area (Å²) in [6.45, 7) is 0. The van der Waals surface area contributed by atoms with E-state index in [0.717, 1.165) is 15.5 Å². The first-order chi connectivity index (χ1) is 13.5. The van der Waals surface area contributed by atoms with Crippen molar-refractivity contribution < 1.29 is 18.4 Å². The van der Waals surface area contributed by atoms with Crippen molar-refractivity contribution in [2.75, 3.05) is 0 Å². The molecule has 0 aliphatic carbocycles. The zero-order valence-electron chi connectivity index (χ0n) is 14.4.